The predicted molar refractivity (Wildman–Crippen MR) is 145 cm³/mol. The maximum Gasteiger partial charge on any atom is 0.435 e. The van der Waals surface area contributed by atoms with Crippen molar-refractivity contribution in [1.29, 1.82) is 0 Å². The van der Waals surface area contributed by atoms with Crippen molar-refractivity contribution in [2.75, 3.05) is 41.7 Å². The van der Waals surface area contributed by atoms with Crippen LogP contribution in [-0.4, -0.2) is 67.1 Å². The van der Waals surface area contributed by atoms with Gasteiger partial charge in [-0.3, -0.25) is 14.8 Å². The molecule has 3 aromatic heterocycles. The van der Waals surface area contributed by atoms with Crippen molar-refractivity contribution in [3.05, 3.63) is 77.6 Å². The topological polar surface area (TPSA) is 128 Å². The average Bonchev–Trinajstić information content (AvgIpc) is 3.72. The number of piperazine rings is 1. The maximum absolute atomic E-state index is 13.2. The molecule has 0 radical (unpaired) electrons. The van der Waals surface area contributed by atoms with Gasteiger partial charge in [0.2, 0.25) is 5.95 Å². The molecule has 3 N–H and O–H groups in total. The molecule has 1 amide bonds. The minimum atomic E-state index is -4.78. The largest absolute Gasteiger partial charge is 0.435 e. The second-order valence-corrected chi connectivity index (χ2v) is 10.0. The number of hydrogen-bond acceptors (Lipinski definition) is 9. The zero-order chi connectivity index (χ0) is 28.4. The van der Waals surface area contributed by atoms with Gasteiger partial charge < -0.3 is 15.5 Å². The smallest absolute Gasteiger partial charge is 0.338 e. The normalized spacial score (nSPS) is 16.0. The number of nitrogens with one attached hydrogen (secondary N) is 3. The zero-order valence-corrected chi connectivity index (χ0v) is 21.9. The minimum absolute atomic E-state index is 0.367. The lowest BCUT2D eigenvalue weighted by Crippen LogP contribution is -2.46. The van der Waals surface area contributed by atoms with Gasteiger partial charge in [-0.25, -0.2) is 15.0 Å². The van der Waals surface area contributed by atoms with Crippen LogP contribution >= 0.6 is 0 Å². The number of anilines is 4. The number of amides is 1. The number of H-pyrrole nitrogens is 1. The summed E-state index contributed by atoms with van der Waals surface area (Å²) in [6.45, 7) is 3.80. The van der Waals surface area contributed by atoms with Crippen molar-refractivity contribution in [3.8, 4) is 0 Å². The van der Waals surface area contributed by atoms with Crippen molar-refractivity contribution in [2.45, 2.75) is 31.5 Å². The summed E-state index contributed by atoms with van der Waals surface area (Å²) in [5, 5.41) is 13.1. The van der Waals surface area contributed by atoms with E-state index < -0.39 is 23.5 Å². The van der Waals surface area contributed by atoms with Crippen molar-refractivity contribution < 1.29 is 18.0 Å². The van der Waals surface area contributed by atoms with Gasteiger partial charge in [0, 0.05) is 74.7 Å². The van der Waals surface area contributed by atoms with E-state index in [4.69, 9.17) is 0 Å². The summed E-state index contributed by atoms with van der Waals surface area (Å²) in [6, 6.07) is 10.8. The molecule has 6 rings (SSSR count). The summed E-state index contributed by atoms with van der Waals surface area (Å²) in [5.74, 6) is 1.71. The fourth-order valence-electron chi connectivity index (χ4n) is 4.67. The lowest BCUT2D eigenvalue weighted by molar-refractivity contribution is -0.141. The summed E-state index contributed by atoms with van der Waals surface area (Å²) in [4.78, 5) is 32.8. The van der Waals surface area contributed by atoms with Crippen molar-refractivity contribution >= 4 is 29.2 Å². The van der Waals surface area contributed by atoms with Gasteiger partial charge in [-0.15, -0.1) is 0 Å². The number of hydrogen-bond donors (Lipinski definition) is 3. The molecule has 0 unspecified atom stereocenters. The first-order valence-electron chi connectivity index (χ1n) is 13.2. The molecule has 0 atom stereocenters. The monoisotopic (exact) mass is 564 g/mol. The zero-order valence-electron chi connectivity index (χ0n) is 21.9. The molecule has 14 heteroatoms. The SMILES string of the molecule is O=C(Nc1ccc(CN2CCN(c3nccc(Nc4cc(C5CC5)[nH]n4)n3)CC2)cc1)c1nccnc1C(F)(F)F. The Hall–Kier alpha value is -4.59. The Morgan fingerprint density at radius 1 is 0.951 bits per heavy atom. The van der Waals surface area contributed by atoms with E-state index in [0.717, 1.165) is 55.6 Å². The standard InChI is InChI=1S/C27H27F3N10O/c28-27(29,30)24-23(31-9-10-32-24)25(41)34-19-5-1-17(2-6-19)16-39-11-13-40(14-12-39)26-33-8-7-21(36-26)35-22-15-20(37-38-22)18-3-4-18/h1-2,5-10,15,18H,3-4,11-14,16H2,(H,34,41)(H2,33,35,36,37,38). The van der Waals surface area contributed by atoms with Gasteiger partial charge in [-0.05, 0) is 36.6 Å². The second kappa shape index (κ2) is 11.1. The highest BCUT2D eigenvalue weighted by Gasteiger charge is 2.38. The van der Waals surface area contributed by atoms with Crippen LogP contribution in [0.25, 0.3) is 0 Å². The Labute approximate surface area is 233 Å². The molecule has 1 saturated heterocycles. The van der Waals surface area contributed by atoms with Crippen molar-refractivity contribution in [1.82, 2.24) is 35.0 Å². The summed E-state index contributed by atoms with van der Waals surface area (Å²) in [7, 11) is 0. The Kier molecular flexibility index (Phi) is 7.22. The summed E-state index contributed by atoms with van der Waals surface area (Å²) in [6.07, 6.45) is 1.32. The Morgan fingerprint density at radius 3 is 2.44 bits per heavy atom. The molecule has 1 aliphatic heterocycles. The number of benzene rings is 1. The number of aromatic nitrogens is 6. The van der Waals surface area contributed by atoms with Gasteiger partial charge >= 0.3 is 6.18 Å². The number of nitrogens with zero attached hydrogens (tertiary/aromatic N) is 7. The van der Waals surface area contributed by atoms with E-state index in [0.29, 0.717) is 29.9 Å². The summed E-state index contributed by atoms with van der Waals surface area (Å²) in [5.41, 5.74) is 0.447. The molecule has 1 saturated carbocycles. The van der Waals surface area contributed by atoms with Crippen LogP contribution in [-0.2, 0) is 12.7 Å². The third-order valence-electron chi connectivity index (χ3n) is 6.97. The Morgan fingerprint density at radius 2 is 1.71 bits per heavy atom. The van der Waals surface area contributed by atoms with Crippen LogP contribution in [0.15, 0.2) is 55.0 Å². The van der Waals surface area contributed by atoms with Crippen LogP contribution in [0.5, 0.6) is 0 Å². The second-order valence-electron chi connectivity index (χ2n) is 10.0. The van der Waals surface area contributed by atoms with E-state index in [-0.39, 0.29) is 0 Å². The van der Waals surface area contributed by atoms with Crippen LogP contribution < -0.4 is 15.5 Å². The maximum atomic E-state index is 13.2. The third kappa shape index (κ3) is 6.43. The van der Waals surface area contributed by atoms with Gasteiger partial charge in [0.25, 0.3) is 5.91 Å². The number of halogens is 3. The summed E-state index contributed by atoms with van der Waals surface area (Å²) < 4.78 is 39.5. The fourth-order valence-corrected chi connectivity index (χ4v) is 4.67. The first-order chi connectivity index (χ1) is 19.8. The molecule has 41 heavy (non-hydrogen) atoms. The number of carbonyl (C=O) groups is 1. The summed E-state index contributed by atoms with van der Waals surface area (Å²) >= 11 is 0. The molecule has 2 fully saturated rings. The van der Waals surface area contributed by atoms with Crippen molar-refractivity contribution in [2.24, 2.45) is 0 Å². The molecular weight excluding hydrogens is 537 g/mol. The van der Waals surface area contributed by atoms with Crippen LogP contribution in [0.4, 0.5) is 36.4 Å². The molecule has 4 heterocycles. The fraction of sp³-hybridized carbons (Fsp3) is 0.333. The van der Waals surface area contributed by atoms with Gasteiger partial charge in [-0.2, -0.15) is 23.3 Å². The van der Waals surface area contributed by atoms with Gasteiger partial charge in [0.15, 0.2) is 17.2 Å². The average molecular weight is 565 g/mol. The molecule has 4 aromatic rings. The van der Waals surface area contributed by atoms with E-state index in [1.54, 1.807) is 18.3 Å². The predicted octanol–water partition coefficient (Wildman–Crippen LogP) is 4.20. The Bertz CT molecular complexity index is 1510. The van der Waals surface area contributed by atoms with Gasteiger partial charge in [-0.1, -0.05) is 12.1 Å². The van der Waals surface area contributed by atoms with E-state index >= 15 is 0 Å². The molecule has 1 aliphatic carbocycles. The van der Waals surface area contributed by atoms with Gasteiger partial charge in [0.1, 0.15) is 5.82 Å². The lowest BCUT2D eigenvalue weighted by atomic mass is 10.1. The highest BCUT2D eigenvalue weighted by molar-refractivity contribution is 6.03. The van der Waals surface area contributed by atoms with E-state index in [1.807, 2.05) is 24.3 Å². The molecule has 1 aromatic carbocycles. The third-order valence-corrected chi connectivity index (χ3v) is 6.97. The molecule has 0 spiro atoms. The molecule has 2 aliphatic rings. The highest BCUT2D eigenvalue weighted by atomic mass is 19.4. The lowest BCUT2D eigenvalue weighted by Gasteiger charge is -2.34. The van der Waals surface area contributed by atoms with Crippen LogP contribution in [0.2, 0.25) is 0 Å². The quantitative estimate of drug-likeness (QED) is 0.288. The molecular formula is C27H27F3N10O. The minimum Gasteiger partial charge on any atom is -0.338 e. The number of aromatic amines is 1. The molecule has 212 valence electrons. The highest BCUT2D eigenvalue weighted by Crippen LogP contribution is 2.39. The van der Waals surface area contributed by atoms with Crippen molar-refractivity contribution in [3.63, 3.8) is 0 Å². The van der Waals surface area contributed by atoms with Crippen LogP contribution in [0.3, 0.4) is 0 Å². The van der Waals surface area contributed by atoms with Crippen LogP contribution in [0, 0.1) is 0 Å². The number of alkyl halides is 3. The van der Waals surface area contributed by atoms with E-state index in [1.165, 1.54) is 12.8 Å². The Balaban J connectivity index is 1.00. The van der Waals surface area contributed by atoms with Gasteiger partial charge in [0.05, 0.1) is 0 Å². The number of carbonyl (C=O) groups excluding carboxylic acids is 1. The van der Waals surface area contributed by atoms with E-state index in [9.17, 15) is 18.0 Å². The molecule has 11 nitrogen and oxygen atoms in total. The number of rotatable bonds is 8. The van der Waals surface area contributed by atoms with Crippen LogP contribution in [0.1, 0.15) is 46.2 Å². The first kappa shape index (κ1) is 26.6. The van der Waals surface area contributed by atoms with E-state index in [2.05, 4.69) is 50.6 Å². The molecule has 0 bridgehead atoms. The first-order valence-corrected chi connectivity index (χ1v) is 13.2.